The van der Waals surface area contributed by atoms with E-state index in [2.05, 4.69) is 45.0 Å². The van der Waals surface area contributed by atoms with E-state index in [0.717, 1.165) is 48.6 Å². The van der Waals surface area contributed by atoms with Crippen molar-refractivity contribution in [2.75, 3.05) is 18.1 Å². The highest BCUT2D eigenvalue weighted by atomic mass is 16.5. The summed E-state index contributed by atoms with van der Waals surface area (Å²) < 4.78 is 8.86. The molecule has 0 amide bonds. The quantitative estimate of drug-likeness (QED) is 0.662. The summed E-state index contributed by atoms with van der Waals surface area (Å²) in [4.78, 5) is 23.9. The SMILES string of the molecule is CC(C)c1cc(N2CCCC2Cn2nc3c(cc2=O)COCC3)n2ncnc2n1. The molecule has 2 aliphatic heterocycles. The molecule has 1 saturated heterocycles. The van der Waals surface area contributed by atoms with Gasteiger partial charge in [-0.05, 0) is 18.8 Å². The molecular formula is C20H25N7O2. The monoisotopic (exact) mass is 395 g/mol. The van der Waals surface area contributed by atoms with Crippen molar-refractivity contribution in [1.29, 1.82) is 0 Å². The smallest absolute Gasteiger partial charge is 0.267 e. The Morgan fingerprint density at radius 1 is 1.31 bits per heavy atom. The van der Waals surface area contributed by atoms with Gasteiger partial charge >= 0.3 is 0 Å². The number of anilines is 1. The van der Waals surface area contributed by atoms with Crippen molar-refractivity contribution >= 4 is 11.6 Å². The lowest BCUT2D eigenvalue weighted by atomic mass is 10.1. The van der Waals surface area contributed by atoms with Gasteiger partial charge in [0.05, 0.1) is 37.2 Å². The molecule has 0 bridgehead atoms. The Morgan fingerprint density at radius 2 is 2.21 bits per heavy atom. The van der Waals surface area contributed by atoms with Gasteiger partial charge in [0.25, 0.3) is 11.3 Å². The van der Waals surface area contributed by atoms with Gasteiger partial charge in [-0.25, -0.2) is 9.67 Å². The first-order chi connectivity index (χ1) is 14.1. The molecule has 1 fully saturated rings. The van der Waals surface area contributed by atoms with Crippen LogP contribution in [-0.4, -0.2) is 48.6 Å². The Labute approximate surface area is 168 Å². The summed E-state index contributed by atoms with van der Waals surface area (Å²) in [7, 11) is 0. The maximum Gasteiger partial charge on any atom is 0.267 e. The molecule has 3 aromatic rings. The van der Waals surface area contributed by atoms with E-state index in [1.807, 2.05) is 0 Å². The van der Waals surface area contributed by atoms with Crippen LogP contribution in [0.25, 0.3) is 5.78 Å². The minimum absolute atomic E-state index is 0.0652. The topological polar surface area (TPSA) is 90.4 Å². The Hall–Kier alpha value is -2.81. The molecule has 0 spiro atoms. The lowest BCUT2D eigenvalue weighted by Crippen LogP contribution is -2.39. The van der Waals surface area contributed by atoms with Crippen molar-refractivity contribution in [3.05, 3.63) is 45.8 Å². The third-order valence-corrected chi connectivity index (χ3v) is 5.80. The van der Waals surface area contributed by atoms with Crippen molar-refractivity contribution in [2.45, 2.75) is 58.2 Å². The Morgan fingerprint density at radius 3 is 3.07 bits per heavy atom. The first-order valence-corrected chi connectivity index (χ1v) is 10.2. The number of aromatic nitrogens is 6. The van der Waals surface area contributed by atoms with Gasteiger partial charge in [0, 0.05) is 30.7 Å². The van der Waals surface area contributed by atoms with E-state index in [-0.39, 0.29) is 11.6 Å². The van der Waals surface area contributed by atoms with Crippen LogP contribution in [0.2, 0.25) is 0 Å². The highest BCUT2D eigenvalue weighted by Crippen LogP contribution is 2.28. The van der Waals surface area contributed by atoms with Gasteiger partial charge in [0.2, 0.25) is 0 Å². The Kier molecular flexibility index (Phi) is 4.54. The van der Waals surface area contributed by atoms with Crippen LogP contribution in [0.5, 0.6) is 0 Å². The molecule has 152 valence electrons. The van der Waals surface area contributed by atoms with E-state index in [9.17, 15) is 4.79 Å². The maximum atomic E-state index is 12.6. The summed E-state index contributed by atoms with van der Waals surface area (Å²) in [6, 6.07) is 3.96. The fourth-order valence-electron chi connectivity index (χ4n) is 4.22. The van der Waals surface area contributed by atoms with Crippen molar-refractivity contribution in [1.82, 2.24) is 29.4 Å². The molecule has 0 aromatic carbocycles. The molecule has 0 saturated carbocycles. The van der Waals surface area contributed by atoms with Crippen LogP contribution >= 0.6 is 0 Å². The van der Waals surface area contributed by atoms with Crippen LogP contribution in [0, 0.1) is 0 Å². The minimum Gasteiger partial charge on any atom is -0.376 e. The molecule has 0 radical (unpaired) electrons. The predicted molar refractivity (Wildman–Crippen MR) is 107 cm³/mol. The van der Waals surface area contributed by atoms with E-state index in [1.165, 1.54) is 0 Å². The zero-order chi connectivity index (χ0) is 20.0. The molecule has 0 aliphatic carbocycles. The molecule has 1 atom stereocenters. The zero-order valence-electron chi connectivity index (χ0n) is 16.8. The Bertz CT molecular complexity index is 1100. The molecule has 29 heavy (non-hydrogen) atoms. The third-order valence-electron chi connectivity index (χ3n) is 5.80. The van der Waals surface area contributed by atoms with Crippen LogP contribution in [-0.2, 0) is 24.3 Å². The van der Waals surface area contributed by atoms with E-state index in [4.69, 9.17) is 4.74 Å². The average Bonchev–Trinajstić information content (AvgIpc) is 3.37. The van der Waals surface area contributed by atoms with E-state index < -0.39 is 0 Å². The molecule has 5 heterocycles. The van der Waals surface area contributed by atoms with E-state index in [1.54, 1.807) is 21.6 Å². The Balaban J connectivity index is 1.49. The van der Waals surface area contributed by atoms with Crippen LogP contribution < -0.4 is 10.5 Å². The van der Waals surface area contributed by atoms with Gasteiger partial charge < -0.3 is 9.64 Å². The molecule has 1 unspecified atom stereocenters. The fraction of sp³-hybridized carbons (Fsp3) is 0.550. The van der Waals surface area contributed by atoms with Gasteiger partial charge in [-0.15, -0.1) is 0 Å². The van der Waals surface area contributed by atoms with Crippen molar-refractivity contribution < 1.29 is 4.74 Å². The largest absolute Gasteiger partial charge is 0.376 e. The highest BCUT2D eigenvalue weighted by molar-refractivity contribution is 5.49. The van der Waals surface area contributed by atoms with Gasteiger partial charge in [0.1, 0.15) is 12.1 Å². The summed E-state index contributed by atoms with van der Waals surface area (Å²) in [5, 5.41) is 9.04. The summed E-state index contributed by atoms with van der Waals surface area (Å²) in [6.07, 6.45) is 4.36. The number of nitrogens with zero attached hydrogens (tertiary/aromatic N) is 7. The van der Waals surface area contributed by atoms with Gasteiger partial charge in [-0.3, -0.25) is 4.79 Å². The predicted octanol–water partition coefficient (Wildman–Crippen LogP) is 1.55. The number of hydrogen-bond donors (Lipinski definition) is 0. The van der Waals surface area contributed by atoms with Crippen molar-refractivity contribution in [3.8, 4) is 0 Å². The van der Waals surface area contributed by atoms with Gasteiger partial charge in [-0.1, -0.05) is 13.8 Å². The lowest BCUT2D eigenvalue weighted by Gasteiger charge is -2.28. The second-order valence-electron chi connectivity index (χ2n) is 8.09. The standard InChI is InChI=1S/C20H25N7O2/c1-13(2)17-9-18(27-20(23-17)21-12-22-27)25-6-3-4-15(25)10-26-19(28)8-14-11-29-7-5-16(14)24-26/h8-9,12-13,15H,3-7,10-11H2,1-2H3. The third kappa shape index (κ3) is 3.29. The minimum atomic E-state index is -0.0652. The van der Waals surface area contributed by atoms with Gasteiger partial charge in [0.15, 0.2) is 0 Å². The zero-order valence-corrected chi connectivity index (χ0v) is 16.8. The first-order valence-electron chi connectivity index (χ1n) is 10.2. The highest BCUT2D eigenvalue weighted by Gasteiger charge is 2.29. The van der Waals surface area contributed by atoms with Crippen LogP contribution in [0.15, 0.2) is 23.3 Å². The molecule has 9 nitrogen and oxygen atoms in total. The summed E-state index contributed by atoms with van der Waals surface area (Å²) in [6.45, 7) is 6.86. The molecule has 0 N–H and O–H groups in total. The van der Waals surface area contributed by atoms with Crippen molar-refractivity contribution in [2.24, 2.45) is 0 Å². The summed E-state index contributed by atoms with van der Waals surface area (Å²) in [5.41, 5.74) is 2.82. The molecule has 9 heteroatoms. The first kappa shape index (κ1) is 18.2. The van der Waals surface area contributed by atoms with Gasteiger partial charge in [-0.2, -0.15) is 19.7 Å². The average molecular weight is 395 g/mol. The van der Waals surface area contributed by atoms with Crippen LogP contribution in [0.4, 0.5) is 5.82 Å². The normalized spacial score (nSPS) is 19.3. The van der Waals surface area contributed by atoms with Crippen molar-refractivity contribution in [3.63, 3.8) is 0 Å². The van der Waals surface area contributed by atoms with Crippen LogP contribution in [0.1, 0.15) is 49.6 Å². The maximum absolute atomic E-state index is 12.6. The molecule has 3 aromatic heterocycles. The number of hydrogen-bond acceptors (Lipinski definition) is 7. The number of fused-ring (bicyclic) bond motifs is 2. The van der Waals surface area contributed by atoms with E-state index >= 15 is 0 Å². The summed E-state index contributed by atoms with van der Waals surface area (Å²) in [5.74, 6) is 1.89. The lowest BCUT2D eigenvalue weighted by molar-refractivity contribution is 0.108. The second kappa shape index (κ2) is 7.22. The molecular weight excluding hydrogens is 370 g/mol. The number of ether oxygens (including phenoxy) is 1. The summed E-state index contributed by atoms with van der Waals surface area (Å²) >= 11 is 0. The van der Waals surface area contributed by atoms with Crippen LogP contribution in [0.3, 0.4) is 0 Å². The fourth-order valence-corrected chi connectivity index (χ4v) is 4.22. The molecule has 5 rings (SSSR count). The molecule has 2 aliphatic rings. The number of rotatable bonds is 4. The van der Waals surface area contributed by atoms with E-state index in [0.29, 0.717) is 31.5 Å². The second-order valence-corrected chi connectivity index (χ2v) is 8.09.